The largest absolute Gasteiger partial charge is 0.444 e. The highest BCUT2D eigenvalue weighted by atomic mass is 16.7. The maximum Gasteiger partial charge on any atom is 0.412 e. The molecule has 0 aliphatic carbocycles. The van der Waals surface area contributed by atoms with Crippen LogP contribution in [0.1, 0.15) is 48.5 Å². The van der Waals surface area contributed by atoms with Crippen molar-refractivity contribution in [3.8, 4) is 0 Å². The highest BCUT2D eigenvalue weighted by Crippen LogP contribution is 2.36. The molecule has 2 aliphatic heterocycles. The molecule has 0 N–H and O–H groups in total. The zero-order chi connectivity index (χ0) is 19.2. The van der Waals surface area contributed by atoms with Gasteiger partial charge in [0.2, 0.25) is 0 Å². The van der Waals surface area contributed by atoms with Crippen molar-refractivity contribution in [2.24, 2.45) is 0 Å². The molecule has 2 rings (SSSR count). The number of ether oxygens (including phenoxy) is 4. The van der Waals surface area contributed by atoms with E-state index in [2.05, 4.69) is 0 Å². The van der Waals surface area contributed by atoms with Crippen molar-refractivity contribution in [3.05, 3.63) is 10.1 Å². The zero-order valence-electron chi connectivity index (χ0n) is 15.9. The molecular weight excluding hydrogens is 332 g/mol. The van der Waals surface area contributed by atoms with Crippen molar-refractivity contribution in [1.29, 1.82) is 0 Å². The van der Waals surface area contributed by atoms with Gasteiger partial charge in [0.1, 0.15) is 17.9 Å². The second-order valence-electron chi connectivity index (χ2n) is 8.32. The maximum absolute atomic E-state index is 12.7. The molecule has 0 aromatic heterocycles. The van der Waals surface area contributed by atoms with E-state index in [-0.39, 0.29) is 13.2 Å². The summed E-state index contributed by atoms with van der Waals surface area (Å²) >= 11 is 0. The Kier molecular flexibility index (Phi) is 5.06. The van der Waals surface area contributed by atoms with Crippen LogP contribution in [0.5, 0.6) is 0 Å². The number of rotatable bonds is 2. The molecule has 25 heavy (non-hydrogen) atoms. The summed E-state index contributed by atoms with van der Waals surface area (Å²) in [6.07, 6.45) is -1.46. The van der Waals surface area contributed by atoms with Crippen LogP contribution in [0.4, 0.5) is 4.79 Å². The molecule has 9 nitrogen and oxygen atoms in total. The van der Waals surface area contributed by atoms with Crippen LogP contribution in [0, 0.1) is 10.1 Å². The summed E-state index contributed by atoms with van der Waals surface area (Å²) in [7, 11) is 0. The van der Waals surface area contributed by atoms with E-state index in [1.165, 1.54) is 4.90 Å². The van der Waals surface area contributed by atoms with Gasteiger partial charge in [0.25, 0.3) is 6.04 Å². The number of hydrogen-bond acceptors (Lipinski definition) is 7. The van der Waals surface area contributed by atoms with Crippen LogP contribution in [-0.4, -0.2) is 64.4 Å². The first-order chi connectivity index (χ1) is 11.2. The van der Waals surface area contributed by atoms with Gasteiger partial charge in [-0.15, -0.1) is 0 Å². The molecule has 1 unspecified atom stereocenters. The van der Waals surface area contributed by atoms with Crippen LogP contribution in [0.2, 0.25) is 0 Å². The molecule has 3 atom stereocenters. The van der Waals surface area contributed by atoms with Gasteiger partial charge in [-0.2, -0.15) is 0 Å². The summed E-state index contributed by atoms with van der Waals surface area (Å²) < 4.78 is 22.5. The minimum atomic E-state index is -1.10. The van der Waals surface area contributed by atoms with Crippen LogP contribution < -0.4 is 0 Å². The highest BCUT2D eigenvalue weighted by molar-refractivity contribution is 5.70. The standard InChI is InChI=1S/C16H28N2O7/c1-14(2,3)25-13(19)17-10(8-22-15(17,4)5)12-11(18(20)21)9-23-16(6,7)24-12/h10-12H,8-9H2,1-7H3/t10-,11?,12-/m0/s1. The van der Waals surface area contributed by atoms with Gasteiger partial charge in [0.05, 0.1) is 12.6 Å². The minimum absolute atomic E-state index is 0.0935. The molecule has 0 saturated carbocycles. The predicted octanol–water partition coefficient (Wildman–Crippen LogP) is 2.16. The topological polar surface area (TPSA) is 100 Å². The Labute approximate surface area is 147 Å². The lowest BCUT2D eigenvalue weighted by molar-refractivity contribution is -0.561. The number of carbonyl (C=O) groups excluding carboxylic acids is 1. The van der Waals surface area contributed by atoms with Gasteiger partial charge in [0, 0.05) is 4.92 Å². The predicted molar refractivity (Wildman–Crippen MR) is 87.6 cm³/mol. The molecule has 0 aromatic rings. The van der Waals surface area contributed by atoms with Gasteiger partial charge in [-0.3, -0.25) is 15.0 Å². The van der Waals surface area contributed by atoms with E-state index in [1.807, 2.05) is 0 Å². The summed E-state index contributed by atoms with van der Waals surface area (Å²) in [5.41, 5.74) is -1.65. The fraction of sp³-hybridized carbons (Fsp3) is 0.938. The van der Waals surface area contributed by atoms with Crippen molar-refractivity contribution in [2.45, 2.75) is 83.8 Å². The second kappa shape index (κ2) is 6.37. The Morgan fingerprint density at radius 2 is 1.80 bits per heavy atom. The normalized spacial score (nSPS) is 31.6. The summed E-state index contributed by atoms with van der Waals surface area (Å²) in [6, 6.07) is -1.75. The van der Waals surface area contributed by atoms with Crippen LogP contribution in [-0.2, 0) is 18.9 Å². The van der Waals surface area contributed by atoms with E-state index in [0.717, 1.165) is 0 Å². The van der Waals surface area contributed by atoms with Crippen LogP contribution in [0.15, 0.2) is 0 Å². The van der Waals surface area contributed by atoms with Crippen molar-refractivity contribution in [2.75, 3.05) is 13.2 Å². The SMILES string of the molecule is CC(C)(C)OC(=O)N1[C@H]([C@@H]2OC(C)(C)OCC2[N+](=O)[O-])COC1(C)C. The fourth-order valence-corrected chi connectivity index (χ4v) is 3.08. The van der Waals surface area contributed by atoms with Crippen LogP contribution in [0.3, 0.4) is 0 Å². The van der Waals surface area contributed by atoms with Crippen molar-refractivity contribution in [3.63, 3.8) is 0 Å². The first-order valence-electron chi connectivity index (χ1n) is 8.35. The molecule has 1 amide bonds. The van der Waals surface area contributed by atoms with Crippen LogP contribution in [0.25, 0.3) is 0 Å². The molecule has 9 heteroatoms. The lowest BCUT2D eigenvalue weighted by Gasteiger charge is -2.43. The van der Waals surface area contributed by atoms with Gasteiger partial charge in [-0.1, -0.05) is 0 Å². The third-order valence-electron chi connectivity index (χ3n) is 4.16. The van der Waals surface area contributed by atoms with E-state index >= 15 is 0 Å². The molecule has 0 radical (unpaired) electrons. The van der Waals surface area contributed by atoms with Gasteiger partial charge >= 0.3 is 6.09 Å². The molecule has 144 valence electrons. The molecular formula is C16H28N2O7. The molecule has 2 aliphatic rings. The molecule has 0 aromatic carbocycles. The maximum atomic E-state index is 12.7. The van der Waals surface area contributed by atoms with Crippen LogP contribution >= 0.6 is 0 Å². The monoisotopic (exact) mass is 360 g/mol. The highest BCUT2D eigenvalue weighted by Gasteiger charge is 2.56. The number of carbonyl (C=O) groups is 1. The van der Waals surface area contributed by atoms with Crippen molar-refractivity contribution < 1.29 is 28.7 Å². The van der Waals surface area contributed by atoms with Gasteiger partial charge in [0.15, 0.2) is 11.9 Å². The van der Waals surface area contributed by atoms with Gasteiger partial charge in [-0.25, -0.2) is 4.79 Å². The van der Waals surface area contributed by atoms with Gasteiger partial charge in [-0.05, 0) is 48.5 Å². The first-order valence-corrected chi connectivity index (χ1v) is 8.35. The average molecular weight is 360 g/mol. The third-order valence-corrected chi connectivity index (χ3v) is 4.16. The van der Waals surface area contributed by atoms with E-state index in [9.17, 15) is 14.9 Å². The van der Waals surface area contributed by atoms with E-state index in [4.69, 9.17) is 18.9 Å². The van der Waals surface area contributed by atoms with E-state index in [0.29, 0.717) is 0 Å². The number of hydrogen-bond donors (Lipinski definition) is 0. The number of nitro groups is 1. The number of amides is 1. The smallest absolute Gasteiger partial charge is 0.412 e. The molecule has 2 saturated heterocycles. The van der Waals surface area contributed by atoms with E-state index in [1.54, 1.807) is 48.5 Å². The Hall–Kier alpha value is -1.45. The summed E-state index contributed by atoms with van der Waals surface area (Å²) in [5, 5.41) is 11.5. The first kappa shape index (κ1) is 19.9. The summed E-state index contributed by atoms with van der Waals surface area (Å²) in [6.45, 7) is 12.1. The quantitative estimate of drug-likeness (QED) is 0.549. The summed E-state index contributed by atoms with van der Waals surface area (Å²) in [5.74, 6) is -0.983. The lowest BCUT2D eigenvalue weighted by Crippen LogP contribution is -2.62. The van der Waals surface area contributed by atoms with Crippen molar-refractivity contribution >= 4 is 6.09 Å². The second-order valence-corrected chi connectivity index (χ2v) is 8.32. The minimum Gasteiger partial charge on any atom is -0.444 e. The molecule has 0 bridgehead atoms. The lowest BCUT2D eigenvalue weighted by atomic mass is 10.0. The fourth-order valence-electron chi connectivity index (χ4n) is 3.08. The zero-order valence-corrected chi connectivity index (χ0v) is 15.9. The Balaban J connectivity index is 2.33. The average Bonchev–Trinajstić information content (AvgIpc) is 2.70. The van der Waals surface area contributed by atoms with E-state index < -0.39 is 46.3 Å². The summed E-state index contributed by atoms with van der Waals surface area (Å²) in [4.78, 5) is 25.2. The Morgan fingerprint density at radius 3 is 2.32 bits per heavy atom. The van der Waals surface area contributed by atoms with Gasteiger partial charge < -0.3 is 18.9 Å². The Morgan fingerprint density at radius 1 is 1.20 bits per heavy atom. The van der Waals surface area contributed by atoms with Crippen molar-refractivity contribution in [1.82, 2.24) is 4.90 Å². The Bertz CT molecular complexity index is 541. The third kappa shape index (κ3) is 4.39. The number of nitrogens with zero attached hydrogens (tertiary/aromatic N) is 2. The molecule has 2 fully saturated rings. The molecule has 0 spiro atoms. The molecule has 2 heterocycles.